The molecule has 1 aliphatic heterocycles. The van der Waals surface area contributed by atoms with Gasteiger partial charge in [0.1, 0.15) is 6.17 Å². The number of nitrogens with one attached hydrogen (secondary N) is 1. The van der Waals surface area contributed by atoms with Crippen molar-refractivity contribution in [2.24, 2.45) is 5.92 Å². The van der Waals surface area contributed by atoms with Gasteiger partial charge in [0.15, 0.2) is 0 Å². The Kier molecular flexibility index (Phi) is 3.31. The van der Waals surface area contributed by atoms with Gasteiger partial charge in [0.2, 0.25) is 0 Å². The van der Waals surface area contributed by atoms with Crippen LogP contribution < -0.4 is 5.32 Å². The van der Waals surface area contributed by atoms with Gasteiger partial charge in [-0.25, -0.2) is 4.39 Å². The third kappa shape index (κ3) is 2.44. The SMILES string of the molecule is CC(C)[C@H](F)[C@H]1CCCCN1. The van der Waals surface area contributed by atoms with Crippen LogP contribution in [0.15, 0.2) is 0 Å². The molecule has 1 N–H and O–H groups in total. The molecule has 11 heavy (non-hydrogen) atoms. The zero-order valence-corrected chi connectivity index (χ0v) is 7.44. The fraction of sp³-hybridized carbons (Fsp3) is 1.00. The zero-order valence-electron chi connectivity index (χ0n) is 7.44. The third-order valence-corrected chi connectivity index (χ3v) is 2.37. The maximum absolute atomic E-state index is 13.3. The van der Waals surface area contributed by atoms with Crippen LogP contribution in [0, 0.1) is 5.92 Å². The number of piperidine rings is 1. The molecule has 1 nitrogen and oxygen atoms in total. The maximum atomic E-state index is 13.3. The first-order chi connectivity index (χ1) is 5.22. The Labute approximate surface area is 68.4 Å². The summed E-state index contributed by atoms with van der Waals surface area (Å²) in [5.74, 6) is 0.158. The molecule has 0 amide bonds. The third-order valence-electron chi connectivity index (χ3n) is 2.37. The van der Waals surface area contributed by atoms with Crippen molar-refractivity contribution in [3.05, 3.63) is 0 Å². The van der Waals surface area contributed by atoms with Gasteiger partial charge in [-0.3, -0.25) is 0 Å². The van der Waals surface area contributed by atoms with Gasteiger partial charge in [-0.2, -0.15) is 0 Å². The van der Waals surface area contributed by atoms with Crippen molar-refractivity contribution < 1.29 is 4.39 Å². The Balaban J connectivity index is 2.32. The normalized spacial score (nSPS) is 28.9. The van der Waals surface area contributed by atoms with Crippen LogP contribution >= 0.6 is 0 Å². The summed E-state index contributed by atoms with van der Waals surface area (Å²) in [7, 11) is 0. The minimum absolute atomic E-state index is 0.128. The summed E-state index contributed by atoms with van der Waals surface area (Å²) in [6.07, 6.45) is 2.75. The topological polar surface area (TPSA) is 12.0 Å². The van der Waals surface area contributed by atoms with Crippen LogP contribution in [0.4, 0.5) is 4.39 Å². The summed E-state index contributed by atoms with van der Waals surface area (Å²) < 4.78 is 13.3. The Hall–Kier alpha value is -0.110. The summed E-state index contributed by atoms with van der Waals surface area (Å²) >= 11 is 0. The molecule has 0 unspecified atom stereocenters. The number of hydrogen-bond donors (Lipinski definition) is 1. The summed E-state index contributed by atoms with van der Waals surface area (Å²) in [6, 6.07) is 0.128. The van der Waals surface area contributed by atoms with Gasteiger partial charge in [-0.15, -0.1) is 0 Å². The Morgan fingerprint density at radius 2 is 2.09 bits per heavy atom. The van der Waals surface area contributed by atoms with Crippen molar-refractivity contribution in [1.29, 1.82) is 0 Å². The molecular formula is C9H18FN. The average molecular weight is 159 g/mol. The van der Waals surface area contributed by atoms with Crippen molar-refractivity contribution in [1.82, 2.24) is 5.32 Å². The number of rotatable bonds is 2. The average Bonchev–Trinajstić information content (AvgIpc) is 2.05. The standard InChI is InChI=1S/C9H18FN/c1-7(2)9(10)8-5-3-4-6-11-8/h7-9,11H,3-6H2,1-2H3/t8-,9+/m1/s1. The summed E-state index contributed by atoms with van der Waals surface area (Å²) in [5, 5.41) is 3.23. The predicted octanol–water partition coefficient (Wildman–Crippen LogP) is 2.12. The Morgan fingerprint density at radius 3 is 2.55 bits per heavy atom. The van der Waals surface area contributed by atoms with Gasteiger partial charge in [0.25, 0.3) is 0 Å². The van der Waals surface area contributed by atoms with Crippen molar-refractivity contribution in [3.8, 4) is 0 Å². The smallest absolute Gasteiger partial charge is 0.118 e. The van der Waals surface area contributed by atoms with Crippen LogP contribution in [0.5, 0.6) is 0 Å². The predicted molar refractivity (Wildman–Crippen MR) is 45.4 cm³/mol. The van der Waals surface area contributed by atoms with E-state index < -0.39 is 6.17 Å². The zero-order chi connectivity index (χ0) is 8.27. The fourth-order valence-electron chi connectivity index (χ4n) is 1.62. The lowest BCUT2D eigenvalue weighted by molar-refractivity contribution is 0.168. The van der Waals surface area contributed by atoms with Gasteiger partial charge in [0.05, 0.1) is 0 Å². The summed E-state index contributed by atoms with van der Waals surface area (Å²) in [6.45, 7) is 4.89. The number of halogens is 1. The van der Waals surface area contributed by atoms with Crippen molar-refractivity contribution in [2.75, 3.05) is 6.54 Å². The molecule has 0 aromatic heterocycles. The molecule has 1 rings (SSSR count). The molecule has 0 aliphatic carbocycles. The fourth-order valence-corrected chi connectivity index (χ4v) is 1.62. The molecule has 1 fully saturated rings. The molecule has 0 radical (unpaired) electrons. The lowest BCUT2D eigenvalue weighted by atomic mass is 9.94. The largest absolute Gasteiger partial charge is 0.311 e. The molecule has 0 aromatic rings. The van der Waals surface area contributed by atoms with Gasteiger partial charge < -0.3 is 5.32 Å². The van der Waals surface area contributed by atoms with Crippen LogP contribution in [0.2, 0.25) is 0 Å². The summed E-state index contributed by atoms with van der Waals surface area (Å²) in [5.41, 5.74) is 0. The highest BCUT2D eigenvalue weighted by atomic mass is 19.1. The van der Waals surface area contributed by atoms with E-state index in [0.29, 0.717) is 0 Å². The van der Waals surface area contributed by atoms with E-state index in [0.717, 1.165) is 13.0 Å². The van der Waals surface area contributed by atoms with Gasteiger partial charge in [0, 0.05) is 6.04 Å². The molecule has 0 bridgehead atoms. The van der Waals surface area contributed by atoms with Crippen LogP contribution in [0.25, 0.3) is 0 Å². The van der Waals surface area contributed by atoms with Crippen molar-refractivity contribution >= 4 is 0 Å². The molecule has 66 valence electrons. The quantitative estimate of drug-likeness (QED) is 0.650. The molecule has 1 aliphatic rings. The Bertz CT molecular complexity index is 108. The molecule has 0 spiro atoms. The lowest BCUT2D eigenvalue weighted by Gasteiger charge is -2.28. The molecule has 2 heteroatoms. The van der Waals surface area contributed by atoms with E-state index in [1.165, 1.54) is 12.8 Å². The minimum atomic E-state index is -0.657. The van der Waals surface area contributed by atoms with Crippen LogP contribution in [-0.2, 0) is 0 Å². The van der Waals surface area contributed by atoms with Crippen molar-refractivity contribution in [2.45, 2.75) is 45.3 Å². The lowest BCUT2D eigenvalue weighted by Crippen LogP contribution is -2.43. The second-order valence-electron chi connectivity index (χ2n) is 3.74. The van der Waals surface area contributed by atoms with Gasteiger partial charge in [-0.1, -0.05) is 20.3 Å². The summed E-state index contributed by atoms with van der Waals surface area (Å²) in [4.78, 5) is 0. The monoisotopic (exact) mass is 159 g/mol. The van der Waals surface area contributed by atoms with E-state index in [1.807, 2.05) is 13.8 Å². The molecule has 0 saturated carbocycles. The molecule has 2 atom stereocenters. The van der Waals surface area contributed by atoms with E-state index in [9.17, 15) is 4.39 Å². The van der Waals surface area contributed by atoms with E-state index in [1.54, 1.807) is 0 Å². The number of alkyl halides is 1. The molecule has 0 aromatic carbocycles. The molecular weight excluding hydrogens is 141 g/mol. The molecule has 1 heterocycles. The van der Waals surface area contributed by atoms with E-state index in [-0.39, 0.29) is 12.0 Å². The van der Waals surface area contributed by atoms with Gasteiger partial charge in [-0.05, 0) is 25.3 Å². The highest BCUT2D eigenvalue weighted by Crippen LogP contribution is 2.18. The highest BCUT2D eigenvalue weighted by molar-refractivity contribution is 4.81. The molecule has 1 saturated heterocycles. The minimum Gasteiger partial charge on any atom is -0.311 e. The van der Waals surface area contributed by atoms with E-state index in [4.69, 9.17) is 0 Å². The number of hydrogen-bond acceptors (Lipinski definition) is 1. The first-order valence-corrected chi connectivity index (χ1v) is 4.59. The first kappa shape index (κ1) is 8.98. The second kappa shape index (κ2) is 4.05. The van der Waals surface area contributed by atoms with Crippen LogP contribution in [-0.4, -0.2) is 18.8 Å². The highest BCUT2D eigenvalue weighted by Gasteiger charge is 2.24. The van der Waals surface area contributed by atoms with E-state index in [2.05, 4.69) is 5.32 Å². The first-order valence-electron chi connectivity index (χ1n) is 4.59. The maximum Gasteiger partial charge on any atom is 0.118 e. The van der Waals surface area contributed by atoms with Gasteiger partial charge >= 0.3 is 0 Å². The van der Waals surface area contributed by atoms with Crippen LogP contribution in [0.3, 0.4) is 0 Å². The van der Waals surface area contributed by atoms with E-state index >= 15 is 0 Å². The second-order valence-corrected chi connectivity index (χ2v) is 3.74. The van der Waals surface area contributed by atoms with Crippen LogP contribution in [0.1, 0.15) is 33.1 Å². The van der Waals surface area contributed by atoms with Crippen molar-refractivity contribution in [3.63, 3.8) is 0 Å². The Morgan fingerprint density at radius 1 is 1.36 bits per heavy atom.